The second kappa shape index (κ2) is 6.77. The number of carbonyl (C=O) groups is 1. The summed E-state index contributed by atoms with van der Waals surface area (Å²) in [7, 11) is 1.58. The minimum absolute atomic E-state index is 0.0959. The van der Waals surface area contributed by atoms with E-state index in [4.69, 9.17) is 16.3 Å². The topological polar surface area (TPSA) is 55.0 Å². The zero-order valence-electron chi connectivity index (χ0n) is 12.5. The molecule has 0 aliphatic rings. The van der Waals surface area contributed by atoms with Crippen molar-refractivity contribution in [2.45, 2.75) is 6.61 Å². The number of benzene rings is 2. The number of nitrogens with one attached hydrogen (secondary N) is 1. The lowest BCUT2D eigenvalue weighted by Crippen LogP contribution is -2.06. The summed E-state index contributed by atoms with van der Waals surface area (Å²) < 4.78 is 5.18. The molecule has 0 atom stereocenters. The van der Waals surface area contributed by atoms with E-state index < -0.39 is 0 Å². The third kappa shape index (κ3) is 3.18. The molecule has 0 fully saturated rings. The molecule has 1 N–H and O–H groups in total. The normalized spacial score (nSPS) is 10.7. The maximum absolute atomic E-state index is 12.9. The van der Waals surface area contributed by atoms with Crippen LogP contribution in [0.2, 0.25) is 5.02 Å². The molecule has 0 amide bonds. The maximum atomic E-state index is 12.9. The molecule has 0 radical (unpaired) electrons. The predicted octanol–water partition coefficient (Wildman–Crippen LogP) is 4.11. The fraction of sp³-hybridized carbons (Fsp3) is 0.111. The predicted molar refractivity (Wildman–Crippen MR) is 89.6 cm³/mol. The summed E-state index contributed by atoms with van der Waals surface area (Å²) in [5, 5.41) is 7.81. The number of halogens is 1. The molecule has 1 aromatic heterocycles. The number of methoxy groups -OCH3 is 1. The van der Waals surface area contributed by atoms with Crippen molar-refractivity contribution in [1.82, 2.24) is 10.2 Å². The molecular weight excluding hydrogens is 312 g/mol. The van der Waals surface area contributed by atoms with Crippen molar-refractivity contribution in [3.05, 3.63) is 76.4 Å². The molecule has 0 saturated heterocycles. The van der Waals surface area contributed by atoms with Crippen LogP contribution in [-0.4, -0.2) is 23.1 Å². The van der Waals surface area contributed by atoms with Gasteiger partial charge in [0.2, 0.25) is 0 Å². The van der Waals surface area contributed by atoms with Crippen LogP contribution in [0.1, 0.15) is 21.6 Å². The van der Waals surface area contributed by atoms with Crippen molar-refractivity contribution in [1.29, 1.82) is 0 Å². The minimum atomic E-state index is -0.0959. The quantitative estimate of drug-likeness (QED) is 0.718. The van der Waals surface area contributed by atoms with Gasteiger partial charge in [0, 0.05) is 23.3 Å². The maximum Gasteiger partial charge on any atom is 0.197 e. The molecule has 3 rings (SSSR count). The Morgan fingerprint density at radius 1 is 1.17 bits per heavy atom. The van der Waals surface area contributed by atoms with E-state index in [1.807, 2.05) is 30.3 Å². The second-order valence-corrected chi connectivity index (χ2v) is 5.50. The average molecular weight is 327 g/mol. The first-order valence-electron chi connectivity index (χ1n) is 7.12. The first kappa shape index (κ1) is 15.5. The van der Waals surface area contributed by atoms with Gasteiger partial charge in [0.05, 0.1) is 17.9 Å². The lowest BCUT2D eigenvalue weighted by molar-refractivity contribution is 0.103. The summed E-state index contributed by atoms with van der Waals surface area (Å²) in [5.74, 6) is -0.0959. The minimum Gasteiger partial charge on any atom is -0.378 e. The number of nitrogens with zero attached hydrogens (tertiary/aromatic N) is 1. The van der Waals surface area contributed by atoms with E-state index in [2.05, 4.69) is 10.2 Å². The second-order valence-electron chi connectivity index (χ2n) is 5.06. The van der Waals surface area contributed by atoms with Crippen LogP contribution in [0.4, 0.5) is 0 Å². The first-order chi connectivity index (χ1) is 11.2. The van der Waals surface area contributed by atoms with E-state index in [0.717, 1.165) is 5.56 Å². The number of rotatable bonds is 5. The summed E-state index contributed by atoms with van der Waals surface area (Å²) in [6, 6.07) is 16.4. The molecule has 0 bridgehead atoms. The number of aromatic nitrogens is 2. The van der Waals surface area contributed by atoms with Crippen LogP contribution in [0.15, 0.2) is 54.6 Å². The van der Waals surface area contributed by atoms with Crippen LogP contribution in [0.5, 0.6) is 0 Å². The Hall–Kier alpha value is -2.43. The van der Waals surface area contributed by atoms with Gasteiger partial charge in [-0.1, -0.05) is 54.1 Å². The van der Waals surface area contributed by atoms with E-state index in [9.17, 15) is 4.79 Å². The Bertz CT molecular complexity index is 828. The van der Waals surface area contributed by atoms with Gasteiger partial charge >= 0.3 is 0 Å². The highest BCUT2D eigenvalue weighted by Crippen LogP contribution is 2.28. The Labute approximate surface area is 139 Å². The summed E-state index contributed by atoms with van der Waals surface area (Å²) >= 11 is 6.06. The van der Waals surface area contributed by atoms with Gasteiger partial charge < -0.3 is 4.74 Å². The first-order valence-corrected chi connectivity index (χ1v) is 7.50. The van der Waals surface area contributed by atoms with Crippen molar-refractivity contribution >= 4 is 17.4 Å². The van der Waals surface area contributed by atoms with Crippen molar-refractivity contribution < 1.29 is 9.53 Å². The van der Waals surface area contributed by atoms with E-state index >= 15 is 0 Å². The molecule has 5 heteroatoms. The zero-order valence-corrected chi connectivity index (χ0v) is 13.3. The van der Waals surface area contributed by atoms with E-state index in [0.29, 0.717) is 27.5 Å². The Morgan fingerprint density at radius 3 is 2.65 bits per heavy atom. The van der Waals surface area contributed by atoms with Crippen molar-refractivity contribution in [2.24, 2.45) is 0 Å². The number of ketones is 1. The van der Waals surface area contributed by atoms with Gasteiger partial charge in [-0.25, -0.2) is 0 Å². The number of carbonyl (C=O) groups excluding carboxylic acids is 1. The summed E-state index contributed by atoms with van der Waals surface area (Å²) in [6.07, 6.45) is 0. The molecule has 0 spiro atoms. The summed E-state index contributed by atoms with van der Waals surface area (Å²) in [4.78, 5) is 12.9. The molecule has 0 unspecified atom stereocenters. The van der Waals surface area contributed by atoms with Crippen LogP contribution >= 0.6 is 11.6 Å². The molecule has 3 aromatic rings. The smallest absolute Gasteiger partial charge is 0.197 e. The van der Waals surface area contributed by atoms with Crippen molar-refractivity contribution in [2.75, 3.05) is 7.11 Å². The van der Waals surface area contributed by atoms with Gasteiger partial charge in [-0.05, 0) is 12.1 Å². The Kier molecular flexibility index (Phi) is 4.55. The largest absolute Gasteiger partial charge is 0.378 e. The fourth-order valence-electron chi connectivity index (χ4n) is 2.45. The molecular formula is C18H15ClN2O2. The van der Waals surface area contributed by atoms with Crippen LogP contribution in [0, 0.1) is 0 Å². The van der Waals surface area contributed by atoms with Crippen LogP contribution in [0.3, 0.4) is 0 Å². The van der Waals surface area contributed by atoms with Crippen LogP contribution in [-0.2, 0) is 11.3 Å². The summed E-state index contributed by atoms with van der Waals surface area (Å²) in [6.45, 7) is 0.279. The average Bonchev–Trinajstić information content (AvgIpc) is 2.99. The van der Waals surface area contributed by atoms with Crippen LogP contribution in [0.25, 0.3) is 11.3 Å². The van der Waals surface area contributed by atoms with Gasteiger partial charge in [0.25, 0.3) is 0 Å². The highest BCUT2D eigenvalue weighted by atomic mass is 35.5. The van der Waals surface area contributed by atoms with Gasteiger partial charge in [-0.3, -0.25) is 9.89 Å². The van der Waals surface area contributed by atoms with Gasteiger partial charge in [0.15, 0.2) is 5.78 Å². The molecule has 23 heavy (non-hydrogen) atoms. The molecule has 0 saturated carbocycles. The number of aromatic amines is 1. The molecule has 116 valence electrons. The number of hydrogen-bond acceptors (Lipinski definition) is 3. The molecule has 0 aliphatic heterocycles. The van der Waals surface area contributed by atoms with E-state index in [-0.39, 0.29) is 12.4 Å². The highest BCUT2D eigenvalue weighted by molar-refractivity contribution is 6.30. The number of ether oxygens (including phenoxy) is 1. The standard InChI is InChI=1S/C18H15ClN2O2/c1-23-11-15-16(18(22)12-6-3-2-4-7-12)17(21-20-15)13-8-5-9-14(19)10-13/h2-10H,11H2,1H3,(H,20,21). The fourth-order valence-corrected chi connectivity index (χ4v) is 2.64. The molecule has 4 nitrogen and oxygen atoms in total. The monoisotopic (exact) mass is 326 g/mol. The Balaban J connectivity index is 2.13. The zero-order chi connectivity index (χ0) is 16.2. The number of hydrogen-bond donors (Lipinski definition) is 1. The molecule has 1 heterocycles. The number of H-pyrrole nitrogens is 1. The van der Waals surface area contributed by atoms with Crippen LogP contribution < -0.4 is 0 Å². The lowest BCUT2D eigenvalue weighted by Gasteiger charge is -2.06. The third-order valence-electron chi connectivity index (χ3n) is 3.49. The van der Waals surface area contributed by atoms with Crippen molar-refractivity contribution in [3.8, 4) is 11.3 Å². The lowest BCUT2D eigenvalue weighted by atomic mass is 9.98. The van der Waals surface area contributed by atoms with Gasteiger partial charge in [-0.2, -0.15) is 5.10 Å². The van der Waals surface area contributed by atoms with E-state index in [1.54, 1.807) is 31.4 Å². The van der Waals surface area contributed by atoms with E-state index in [1.165, 1.54) is 0 Å². The highest BCUT2D eigenvalue weighted by Gasteiger charge is 2.22. The summed E-state index contributed by atoms with van der Waals surface area (Å²) in [5.41, 5.74) is 3.13. The molecule has 0 aliphatic carbocycles. The van der Waals surface area contributed by atoms with Gasteiger partial charge in [0.1, 0.15) is 5.69 Å². The van der Waals surface area contributed by atoms with Crippen molar-refractivity contribution in [3.63, 3.8) is 0 Å². The third-order valence-corrected chi connectivity index (χ3v) is 3.73. The molecule has 2 aromatic carbocycles. The Morgan fingerprint density at radius 2 is 1.96 bits per heavy atom. The van der Waals surface area contributed by atoms with Gasteiger partial charge in [-0.15, -0.1) is 0 Å². The SMILES string of the molecule is COCc1[nH]nc(-c2cccc(Cl)c2)c1C(=O)c1ccccc1.